The van der Waals surface area contributed by atoms with Crippen molar-refractivity contribution in [2.45, 2.75) is 26.2 Å². The number of rotatable bonds is 4. The minimum absolute atomic E-state index is 0.281. The lowest BCUT2D eigenvalue weighted by Gasteiger charge is -2.06. The zero-order chi connectivity index (χ0) is 8.69. The van der Waals surface area contributed by atoms with Crippen molar-refractivity contribution in [3.8, 4) is 24.7 Å². The zero-order valence-electron chi connectivity index (χ0n) is 7.06. The summed E-state index contributed by atoms with van der Waals surface area (Å²) in [4.78, 5) is 0. The van der Waals surface area contributed by atoms with Crippen molar-refractivity contribution in [2.75, 3.05) is 0 Å². The summed E-state index contributed by atoms with van der Waals surface area (Å²) in [5.74, 6) is 5.49. The molecule has 0 rings (SSSR count). The van der Waals surface area contributed by atoms with Gasteiger partial charge in [0, 0.05) is 5.92 Å². The van der Waals surface area contributed by atoms with E-state index in [4.69, 9.17) is 12.8 Å². The molecule has 0 fully saturated rings. The molecule has 0 aliphatic heterocycles. The van der Waals surface area contributed by atoms with Gasteiger partial charge in [0.25, 0.3) is 0 Å². The molecule has 0 heteroatoms. The average molecular weight is 146 g/mol. The summed E-state index contributed by atoms with van der Waals surface area (Å²) in [6.07, 6.45) is 13.4. The van der Waals surface area contributed by atoms with E-state index in [9.17, 15) is 0 Å². The van der Waals surface area contributed by atoms with Crippen LogP contribution in [0, 0.1) is 30.6 Å². The van der Waals surface area contributed by atoms with E-state index in [1.165, 1.54) is 0 Å². The van der Waals surface area contributed by atoms with E-state index in [0.29, 0.717) is 0 Å². The van der Waals surface area contributed by atoms with Crippen LogP contribution in [0.3, 0.4) is 0 Å². The van der Waals surface area contributed by atoms with Gasteiger partial charge in [-0.15, -0.1) is 18.8 Å². The normalized spacial score (nSPS) is 11.2. The summed E-state index contributed by atoms with van der Waals surface area (Å²) in [6.45, 7) is 5.83. The molecule has 0 saturated heterocycles. The molecule has 0 heterocycles. The van der Waals surface area contributed by atoms with Crippen molar-refractivity contribution in [3.63, 3.8) is 0 Å². The molecule has 0 N–H and O–H groups in total. The Balaban J connectivity index is 3.82. The van der Waals surface area contributed by atoms with Gasteiger partial charge in [-0.05, 0) is 18.4 Å². The molecule has 0 amide bonds. The molecule has 0 bridgehead atoms. The second-order valence-corrected chi connectivity index (χ2v) is 2.60. The molecule has 1 unspecified atom stereocenters. The van der Waals surface area contributed by atoms with Crippen LogP contribution in [0.4, 0.5) is 0 Å². The van der Waals surface area contributed by atoms with Gasteiger partial charge >= 0.3 is 0 Å². The first-order valence-electron chi connectivity index (χ1n) is 3.85. The second kappa shape index (κ2) is 5.63. The zero-order valence-corrected chi connectivity index (χ0v) is 7.06. The minimum Gasteiger partial charge on any atom is -0.120 e. The predicted molar refractivity (Wildman–Crippen MR) is 49.8 cm³/mol. The molecular weight excluding hydrogens is 132 g/mol. The van der Waals surface area contributed by atoms with E-state index < -0.39 is 0 Å². The van der Waals surface area contributed by atoms with Gasteiger partial charge in [0.05, 0.1) is 0 Å². The first kappa shape index (κ1) is 9.86. The van der Waals surface area contributed by atoms with Gasteiger partial charge in [0.15, 0.2) is 0 Å². The van der Waals surface area contributed by atoms with Crippen LogP contribution in [0.15, 0.2) is 12.2 Å². The number of hydrogen-bond acceptors (Lipinski definition) is 0. The third kappa shape index (κ3) is 4.29. The summed E-state index contributed by atoms with van der Waals surface area (Å²) in [5, 5.41) is 0. The van der Waals surface area contributed by atoms with Crippen LogP contribution in [0.2, 0.25) is 0 Å². The maximum Gasteiger partial charge on any atom is 0.0246 e. The summed E-state index contributed by atoms with van der Waals surface area (Å²) < 4.78 is 0. The Morgan fingerprint density at radius 2 is 2.18 bits per heavy atom. The van der Waals surface area contributed by atoms with Crippen LogP contribution in [0.25, 0.3) is 0 Å². The molecule has 0 nitrogen and oxygen atoms in total. The number of terminal acetylenes is 2. The van der Waals surface area contributed by atoms with Gasteiger partial charge in [-0.2, -0.15) is 0 Å². The summed E-state index contributed by atoms with van der Waals surface area (Å²) in [5.41, 5.74) is 0.807. The van der Waals surface area contributed by atoms with E-state index in [0.717, 1.165) is 24.8 Å². The van der Waals surface area contributed by atoms with Gasteiger partial charge in [-0.1, -0.05) is 25.8 Å². The SMILES string of the molecule is C#CC(=C)CC(C#C)CCC. The van der Waals surface area contributed by atoms with Crippen LogP contribution in [-0.2, 0) is 0 Å². The van der Waals surface area contributed by atoms with E-state index in [-0.39, 0.29) is 5.92 Å². The van der Waals surface area contributed by atoms with Crippen LogP contribution in [-0.4, -0.2) is 0 Å². The first-order valence-corrected chi connectivity index (χ1v) is 3.85. The highest BCUT2D eigenvalue weighted by Crippen LogP contribution is 2.14. The monoisotopic (exact) mass is 146 g/mol. The molecule has 0 spiro atoms. The molecule has 0 aromatic heterocycles. The smallest absolute Gasteiger partial charge is 0.0246 e. The quantitative estimate of drug-likeness (QED) is 0.535. The Kier molecular flexibility index (Phi) is 5.05. The topological polar surface area (TPSA) is 0 Å². The lowest BCUT2D eigenvalue weighted by Crippen LogP contribution is -1.96. The van der Waals surface area contributed by atoms with Crippen LogP contribution in [0.5, 0.6) is 0 Å². The van der Waals surface area contributed by atoms with E-state index >= 15 is 0 Å². The van der Waals surface area contributed by atoms with Gasteiger partial charge in [0.2, 0.25) is 0 Å². The third-order valence-electron chi connectivity index (χ3n) is 1.57. The fourth-order valence-corrected chi connectivity index (χ4v) is 0.949. The van der Waals surface area contributed by atoms with E-state index in [2.05, 4.69) is 25.3 Å². The maximum absolute atomic E-state index is 5.30. The van der Waals surface area contributed by atoms with Crippen molar-refractivity contribution in [3.05, 3.63) is 12.2 Å². The molecule has 1 atom stereocenters. The van der Waals surface area contributed by atoms with Gasteiger partial charge < -0.3 is 0 Å². The molecule has 0 aromatic carbocycles. The fraction of sp³-hybridized carbons (Fsp3) is 0.455. The van der Waals surface area contributed by atoms with Gasteiger partial charge in [-0.25, -0.2) is 0 Å². The molecule has 58 valence electrons. The predicted octanol–water partition coefficient (Wildman–Crippen LogP) is 2.62. The van der Waals surface area contributed by atoms with Crippen LogP contribution < -0.4 is 0 Å². The Morgan fingerprint density at radius 1 is 1.55 bits per heavy atom. The Bertz CT molecular complexity index is 197. The molecule has 0 aliphatic rings. The summed E-state index contributed by atoms with van der Waals surface area (Å²) in [7, 11) is 0. The van der Waals surface area contributed by atoms with Crippen molar-refractivity contribution >= 4 is 0 Å². The van der Waals surface area contributed by atoms with E-state index in [1.54, 1.807) is 0 Å². The van der Waals surface area contributed by atoms with Crippen molar-refractivity contribution < 1.29 is 0 Å². The Labute approximate surface area is 69.7 Å². The first-order chi connectivity index (χ1) is 5.24. The number of allylic oxidation sites excluding steroid dienone is 1. The molecule has 11 heavy (non-hydrogen) atoms. The fourth-order valence-electron chi connectivity index (χ4n) is 0.949. The van der Waals surface area contributed by atoms with Crippen molar-refractivity contribution in [2.24, 2.45) is 5.92 Å². The second-order valence-electron chi connectivity index (χ2n) is 2.60. The largest absolute Gasteiger partial charge is 0.120 e. The molecular formula is C11H14. The Morgan fingerprint density at radius 3 is 2.55 bits per heavy atom. The highest BCUT2D eigenvalue weighted by molar-refractivity contribution is 5.23. The highest BCUT2D eigenvalue weighted by atomic mass is 14.1. The third-order valence-corrected chi connectivity index (χ3v) is 1.57. The van der Waals surface area contributed by atoms with Crippen molar-refractivity contribution in [1.82, 2.24) is 0 Å². The standard InChI is InChI=1S/C11H14/c1-5-8-11(7-3)9-10(4)6-2/h2-3,11H,4-5,8-9H2,1H3. The van der Waals surface area contributed by atoms with Crippen LogP contribution >= 0.6 is 0 Å². The number of hydrogen-bond donors (Lipinski definition) is 0. The molecule has 0 radical (unpaired) electrons. The molecule has 0 aliphatic carbocycles. The minimum atomic E-state index is 0.281. The highest BCUT2D eigenvalue weighted by Gasteiger charge is 2.03. The summed E-state index contributed by atoms with van der Waals surface area (Å²) >= 11 is 0. The molecule has 0 aromatic rings. The van der Waals surface area contributed by atoms with Gasteiger partial charge in [0.1, 0.15) is 0 Å². The van der Waals surface area contributed by atoms with E-state index in [1.807, 2.05) is 0 Å². The van der Waals surface area contributed by atoms with Gasteiger partial charge in [-0.3, -0.25) is 0 Å². The van der Waals surface area contributed by atoms with Crippen molar-refractivity contribution in [1.29, 1.82) is 0 Å². The Hall–Kier alpha value is -1.14. The maximum atomic E-state index is 5.30. The average Bonchev–Trinajstić information content (AvgIpc) is 2.03. The lowest BCUT2D eigenvalue weighted by atomic mass is 9.97. The van der Waals surface area contributed by atoms with Crippen LogP contribution in [0.1, 0.15) is 26.2 Å². The molecule has 0 saturated carbocycles. The lowest BCUT2D eigenvalue weighted by molar-refractivity contribution is 0.601. The summed E-state index contributed by atoms with van der Waals surface area (Å²) in [6, 6.07) is 0.